The van der Waals surface area contributed by atoms with Crippen LogP contribution in [0.3, 0.4) is 0 Å². The summed E-state index contributed by atoms with van der Waals surface area (Å²) < 4.78 is 26.6. The lowest BCUT2D eigenvalue weighted by atomic mass is 10.1. The lowest BCUT2D eigenvalue weighted by Crippen LogP contribution is -2.49. The second kappa shape index (κ2) is 6.22. The van der Waals surface area contributed by atoms with Crippen molar-refractivity contribution < 1.29 is 28.2 Å². The normalized spacial score (nSPS) is 17.7. The summed E-state index contributed by atoms with van der Waals surface area (Å²) in [5.41, 5.74) is 0.775. The molecule has 0 spiro atoms. The molecular weight excluding hydrogens is 350 g/mol. The number of aromatic carboxylic acids is 1. The van der Waals surface area contributed by atoms with Gasteiger partial charge in [0.05, 0.1) is 28.4 Å². The molecule has 0 saturated heterocycles. The number of carboxylic acids is 2. The van der Waals surface area contributed by atoms with Crippen molar-refractivity contribution in [3.05, 3.63) is 53.6 Å². The van der Waals surface area contributed by atoms with Crippen LogP contribution in [0.5, 0.6) is 0 Å². The lowest BCUT2D eigenvalue weighted by Gasteiger charge is -2.32. The highest BCUT2D eigenvalue weighted by molar-refractivity contribution is 7.89. The second-order valence-electron chi connectivity index (χ2n) is 5.39. The van der Waals surface area contributed by atoms with E-state index in [1.807, 2.05) is 0 Å². The monoisotopic (exact) mass is 363 g/mol. The SMILES string of the molecule is O=C(O)c1ccc(S(=O)(=O)N2Cc3nccnc3C[C@@H]2C(=O)O)cc1. The highest BCUT2D eigenvalue weighted by Gasteiger charge is 2.40. The molecule has 0 bridgehead atoms. The Morgan fingerprint density at radius 2 is 1.64 bits per heavy atom. The standard InChI is InChI=1S/C15H13N3O6S/c19-14(20)9-1-3-10(4-2-9)25(23,24)18-8-12-11(16-5-6-17-12)7-13(18)15(21)22/h1-6,13H,7-8H2,(H,19,20)(H,21,22)/t13-/m1/s1. The smallest absolute Gasteiger partial charge is 0.335 e. The summed E-state index contributed by atoms with van der Waals surface area (Å²) in [6, 6.07) is 3.28. The highest BCUT2D eigenvalue weighted by atomic mass is 32.2. The minimum absolute atomic E-state index is 0.0661. The van der Waals surface area contributed by atoms with Crippen molar-refractivity contribution in [3.63, 3.8) is 0 Å². The van der Waals surface area contributed by atoms with Gasteiger partial charge in [-0.15, -0.1) is 0 Å². The van der Waals surface area contributed by atoms with Gasteiger partial charge in [0, 0.05) is 18.8 Å². The van der Waals surface area contributed by atoms with Crippen LogP contribution in [0.15, 0.2) is 41.6 Å². The second-order valence-corrected chi connectivity index (χ2v) is 7.28. The zero-order chi connectivity index (χ0) is 18.2. The molecular formula is C15H13N3O6S. The molecule has 2 N–H and O–H groups in total. The van der Waals surface area contributed by atoms with E-state index in [0.29, 0.717) is 11.4 Å². The maximum absolute atomic E-state index is 12.9. The molecule has 1 atom stereocenters. The summed E-state index contributed by atoms with van der Waals surface area (Å²) >= 11 is 0. The summed E-state index contributed by atoms with van der Waals surface area (Å²) in [7, 11) is -4.15. The molecule has 1 aromatic carbocycles. The fraction of sp³-hybridized carbons (Fsp3) is 0.200. The van der Waals surface area contributed by atoms with E-state index in [2.05, 4.69) is 9.97 Å². The third-order valence-electron chi connectivity index (χ3n) is 3.89. The fourth-order valence-corrected chi connectivity index (χ4v) is 4.15. The van der Waals surface area contributed by atoms with Crippen molar-refractivity contribution in [3.8, 4) is 0 Å². The van der Waals surface area contributed by atoms with Crippen molar-refractivity contribution in [1.82, 2.24) is 14.3 Å². The molecule has 1 aliphatic heterocycles. The average molecular weight is 363 g/mol. The number of aliphatic carboxylic acids is 1. The van der Waals surface area contributed by atoms with E-state index in [1.54, 1.807) is 0 Å². The van der Waals surface area contributed by atoms with Crippen LogP contribution in [-0.4, -0.2) is 50.9 Å². The number of carboxylic acid groups (broad SMARTS) is 2. The minimum atomic E-state index is -4.15. The molecule has 130 valence electrons. The van der Waals surface area contributed by atoms with Gasteiger partial charge in [-0.25, -0.2) is 13.2 Å². The van der Waals surface area contributed by atoms with Gasteiger partial charge >= 0.3 is 11.9 Å². The third-order valence-corrected chi connectivity index (χ3v) is 5.76. The first-order valence-corrected chi connectivity index (χ1v) is 8.61. The molecule has 25 heavy (non-hydrogen) atoms. The van der Waals surface area contributed by atoms with Gasteiger partial charge < -0.3 is 10.2 Å². The van der Waals surface area contributed by atoms with Crippen LogP contribution in [0.25, 0.3) is 0 Å². The molecule has 3 rings (SSSR count). The Kier molecular flexibility index (Phi) is 4.23. The van der Waals surface area contributed by atoms with E-state index < -0.39 is 28.0 Å². The Balaban J connectivity index is 2.02. The van der Waals surface area contributed by atoms with Crippen molar-refractivity contribution in [2.75, 3.05) is 0 Å². The number of fused-ring (bicyclic) bond motifs is 1. The molecule has 2 aromatic rings. The van der Waals surface area contributed by atoms with E-state index in [0.717, 1.165) is 28.6 Å². The highest BCUT2D eigenvalue weighted by Crippen LogP contribution is 2.27. The summed E-state index contributed by atoms with van der Waals surface area (Å²) in [6.45, 7) is -0.219. The zero-order valence-electron chi connectivity index (χ0n) is 12.7. The Labute approximate surface area is 142 Å². The third kappa shape index (κ3) is 3.08. The number of sulfonamides is 1. The van der Waals surface area contributed by atoms with Gasteiger partial charge in [-0.05, 0) is 24.3 Å². The summed E-state index contributed by atoms with van der Waals surface area (Å²) in [4.78, 5) is 30.4. The van der Waals surface area contributed by atoms with Crippen LogP contribution in [0, 0.1) is 0 Å². The molecule has 0 amide bonds. The van der Waals surface area contributed by atoms with Crippen molar-refractivity contribution >= 4 is 22.0 Å². The molecule has 2 heterocycles. The zero-order valence-corrected chi connectivity index (χ0v) is 13.5. The fourth-order valence-electron chi connectivity index (χ4n) is 2.61. The summed E-state index contributed by atoms with van der Waals surface area (Å²) in [6.07, 6.45) is 2.74. The molecule has 0 unspecified atom stereocenters. The molecule has 1 aliphatic rings. The Bertz CT molecular complexity index is 942. The Hall–Kier alpha value is -2.85. The van der Waals surface area contributed by atoms with Gasteiger partial charge in [-0.3, -0.25) is 14.8 Å². The topological polar surface area (TPSA) is 138 Å². The van der Waals surface area contributed by atoms with Gasteiger partial charge in [0.1, 0.15) is 6.04 Å². The predicted molar refractivity (Wildman–Crippen MR) is 83.3 cm³/mol. The first-order valence-electron chi connectivity index (χ1n) is 7.17. The van der Waals surface area contributed by atoms with Crippen LogP contribution in [-0.2, 0) is 27.8 Å². The van der Waals surface area contributed by atoms with E-state index in [-0.39, 0.29) is 23.4 Å². The average Bonchev–Trinajstić information content (AvgIpc) is 2.60. The molecule has 9 nitrogen and oxygen atoms in total. The minimum Gasteiger partial charge on any atom is -0.480 e. The molecule has 0 saturated carbocycles. The number of aromatic nitrogens is 2. The van der Waals surface area contributed by atoms with E-state index >= 15 is 0 Å². The maximum atomic E-state index is 12.9. The van der Waals surface area contributed by atoms with Crippen molar-refractivity contribution in [1.29, 1.82) is 0 Å². The van der Waals surface area contributed by atoms with Gasteiger partial charge in [-0.2, -0.15) is 4.31 Å². The molecule has 0 fully saturated rings. The maximum Gasteiger partial charge on any atom is 0.335 e. The van der Waals surface area contributed by atoms with Crippen LogP contribution < -0.4 is 0 Å². The quantitative estimate of drug-likeness (QED) is 0.795. The van der Waals surface area contributed by atoms with Crippen molar-refractivity contribution in [2.24, 2.45) is 0 Å². The van der Waals surface area contributed by atoms with Crippen LogP contribution in [0.4, 0.5) is 0 Å². The summed E-state index contributed by atoms with van der Waals surface area (Å²) in [5, 5.41) is 18.3. The van der Waals surface area contributed by atoms with E-state index in [1.165, 1.54) is 12.4 Å². The predicted octanol–water partition coefficient (Wildman–Crippen LogP) is 0.375. The largest absolute Gasteiger partial charge is 0.480 e. The molecule has 0 aliphatic carbocycles. The van der Waals surface area contributed by atoms with Crippen LogP contribution in [0.1, 0.15) is 21.7 Å². The Morgan fingerprint density at radius 1 is 1.04 bits per heavy atom. The molecule has 10 heteroatoms. The van der Waals surface area contributed by atoms with Crippen LogP contribution in [0.2, 0.25) is 0 Å². The van der Waals surface area contributed by atoms with Gasteiger partial charge in [0.15, 0.2) is 0 Å². The van der Waals surface area contributed by atoms with Crippen LogP contribution >= 0.6 is 0 Å². The van der Waals surface area contributed by atoms with Crippen molar-refractivity contribution in [2.45, 2.75) is 23.9 Å². The lowest BCUT2D eigenvalue weighted by molar-refractivity contribution is -0.141. The number of rotatable bonds is 4. The van der Waals surface area contributed by atoms with E-state index in [4.69, 9.17) is 5.11 Å². The van der Waals surface area contributed by atoms with Gasteiger partial charge in [0.2, 0.25) is 10.0 Å². The molecule has 1 aromatic heterocycles. The first kappa shape index (κ1) is 17.0. The van der Waals surface area contributed by atoms with Gasteiger partial charge in [-0.1, -0.05) is 0 Å². The number of hydrogen-bond acceptors (Lipinski definition) is 6. The Morgan fingerprint density at radius 3 is 2.20 bits per heavy atom. The number of carbonyl (C=O) groups is 2. The van der Waals surface area contributed by atoms with Gasteiger partial charge in [0.25, 0.3) is 0 Å². The summed E-state index contributed by atoms with van der Waals surface area (Å²) in [5.74, 6) is -2.48. The molecule has 0 radical (unpaired) electrons. The number of nitrogens with zero attached hydrogens (tertiary/aromatic N) is 3. The number of hydrogen-bond donors (Lipinski definition) is 2. The van der Waals surface area contributed by atoms with E-state index in [9.17, 15) is 23.1 Å². The first-order chi connectivity index (χ1) is 11.8. The number of benzene rings is 1.